The van der Waals surface area contributed by atoms with Gasteiger partial charge >= 0.3 is 0 Å². The lowest BCUT2D eigenvalue weighted by Gasteiger charge is -1.98. The molecule has 3 rings (SSSR count). The van der Waals surface area contributed by atoms with E-state index in [1.807, 2.05) is 5.38 Å². The molecule has 0 fully saturated rings. The molecular weight excluding hydrogens is 287 g/mol. The molecule has 7 heteroatoms. The first-order valence-electron chi connectivity index (χ1n) is 5.35. The van der Waals surface area contributed by atoms with E-state index in [-0.39, 0.29) is 5.02 Å². The number of hydrogen-bond donors (Lipinski definition) is 2. The number of rotatable bonds is 2. The van der Waals surface area contributed by atoms with E-state index in [1.165, 1.54) is 17.4 Å². The van der Waals surface area contributed by atoms with Gasteiger partial charge in [0.25, 0.3) is 0 Å². The number of hydrogen-bond acceptors (Lipinski definition) is 4. The van der Waals surface area contributed by atoms with E-state index in [0.717, 1.165) is 21.8 Å². The molecule has 0 unspecified atom stereocenters. The summed E-state index contributed by atoms with van der Waals surface area (Å²) < 4.78 is 13.1. The number of anilines is 1. The van der Waals surface area contributed by atoms with Crippen molar-refractivity contribution in [1.29, 1.82) is 0 Å². The van der Waals surface area contributed by atoms with Crippen molar-refractivity contribution in [3.8, 4) is 21.8 Å². The minimum absolute atomic E-state index is 0.0786. The van der Waals surface area contributed by atoms with E-state index >= 15 is 0 Å². The average molecular weight is 295 g/mol. The maximum atomic E-state index is 13.1. The highest BCUT2D eigenvalue weighted by atomic mass is 35.5. The fourth-order valence-corrected chi connectivity index (χ4v) is 2.69. The van der Waals surface area contributed by atoms with Crippen LogP contribution in [0.3, 0.4) is 0 Å². The van der Waals surface area contributed by atoms with Gasteiger partial charge in [-0.3, -0.25) is 5.10 Å². The second kappa shape index (κ2) is 4.64. The molecule has 3 N–H and O–H groups in total. The van der Waals surface area contributed by atoms with Crippen LogP contribution in [0, 0.1) is 5.82 Å². The highest BCUT2D eigenvalue weighted by molar-refractivity contribution is 7.13. The summed E-state index contributed by atoms with van der Waals surface area (Å²) in [4.78, 5) is 4.45. The molecule has 3 aromatic rings. The summed E-state index contributed by atoms with van der Waals surface area (Å²) in [6.07, 6.45) is 1.62. The third kappa shape index (κ3) is 2.20. The molecule has 0 bridgehead atoms. The quantitative estimate of drug-likeness (QED) is 0.759. The molecule has 0 aliphatic carbocycles. The van der Waals surface area contributed by atoms with E-state index in [1.54, 1.807) is 18.3 Å². The smallest absolute Gasteiger partial charge is 0.141 e. The lowest BCUT2D eigenvalue weighted by molar-refractivity contribution is 0.628. The lowest BCUT2D eigenvalue weighted by Crippen LogP contribution is -1.87. The topological polar surface area (TPSA) is 67.6 Å². The molecule has 0 saturated heterocycles. The first kappa shape index (κ1) is 12.1. The molecule has 0 aliphatic heterocycles. The summed E-state index contributed by atoms with van der Waals surface area (Å²) >= 11 is 7.20. The highest BCUT2D eigenvalue weighted by Crippen LogP contribution is 2.32. The van der Waals surface area contributed by atoms with Gasteiger partial charge in [-0.15, -0.1) is 11.3 Å². The van der Waals surface area contributed by atoms with Gasteiger partial charge in [-0.2, -0.15) is 5.10 Å². The zero-order valence-corrected chi connectivity index (χ0v) is 11.1. The molecule has 19 heavy (non-hydrogen) atoms. The predicted octanol–water partition coefficient (Wildman–Crippen LogP) is 3.57. The van der Waals surface area contributed by atoms with Gasteiger partial charge in [-0.05, 0) is 18.2 Å². The zero-order valence-electron chi connectivity index (χ0n) is 9.52. The summed E-state index contributed by atoms with van der Waals surface area (Å²) in [5.41, 5.74) is 7.98. The van der Waals surface area contributed by atoms with E-state index in [2.05, 4.69) is 15.2 Å². The number of nitrogens with two attached hydrogens (primary N) is 1. The van der Waals surface area contributed by atoms with Crippen LogP contribution in [-0.4, -0.2) is 15.2 Å². The van der Waals surface area contributed by atoms with Crippen molar-refractivity contribution in [2.24, 2.45) is 0 Å². The van der Waals surface area contributed by atoms with Crippen molar-refractivity contribution >= 4 is 28.8 Å². The summed E-state index contributed by atoms with van der Waals surface area (Å²) in [5, 5.41) is 9.20. The van der Waals surface area contributed by atoms with Crippen LogP contribution in [0.15, 0.2) is 29.8 Å². The Morgan fingerprint density at radius 1 is 1.37 bits per heavy atom. The maximum absolute atomic E-state index is 13.1. The standard InChI is InChI=1S/C12H8ClFN4S/c13-8-3-6(1-2-9(8)14)10-5-19-12(17-10)7-4-16-18-11(7)15/h1-5H,(H3,15,16,18). The Bertz CT molecular complexity index is 737. The van der Waals surface area contributed by atoms with Gasteiger partial charge < -0.3 is 5.73 Å². The normalized spacial score (nSPS) is 10.8. The van der Waals surface area contributed by atoms with Crippen molar-refractivity contribution in [2.45, 2.75) is 0 Å². The molecule has 96 valence electrons. The lowest BCUT2D eigenvalue weighted by atomic mass is 10.2. The Balaban J connectivity index is 2.01. The molecule has 0 atom stereocenters. The number of aromatic nitrogens is 3. The minimum atomic E-state index is -0.444. The van der Waals surface area contributed by atoms with Crippen molar-refractivity contribution < 1.29 is 4.39 Å². The Hall–Kier alpha value is -1.92. The van der Waals surface area contributed by atoms with Crippen LogP contribution in [0.25, 0.3) is 21.8 Å². The summed E-state index contributed by atoms with van der Waals surface area (Å²) in [6, 6.07) is 4.51. The van der Waals surface area contributed by atoms with Gasteiger partial charge in [0.15, 0.2) is 0 Å². The molecule has 1 aromatic carbocycles. The number of nitrogens with zero attached hydrogens (tertiary/aromatic N) is 2. The van der Waals surface area contributed by atoms with E-state index in [0.29, 0.717) is 5.82 Å². The van der Waals surface area contributed by atoms with Crippen molar-refractivity contribution in [3.05, 3.63) is 40.6 Å². The number of thiazole rings is 1. The third-order valence-electron chi connectivity index (χ3n) is 2.62. The molecule has 0 aliphatic rings. The number of benzene rings is 1. The van der Waals surface area contributed by atoms with Gasteiger partial charge in [0.1, 0.15) is 16.6 Å². The fourth-order valence-electron chi connectivity index (χ4n) is 1.65. The Morgan fingerprint density at radius 3 is 2.89 bits per heavy atom. The number of halogens is 2. The average Bonchev–Trinajstić information content (AvgIpc) is 3.01. The van der Waals surface area contributed by atoms with Crippen molar-refractivity contribution in [1.82, 2.24) is 15.2 Å². The summed E-state index contributed by atoms with van der Waals surface area (Å²) in [6.45, 7) is 0. The SMILES string of the molecule is Nc1[nH]ncc1-c1nc(-c2ccc(F)c(Cl)c2)cs1. The first-order valence-corrected chi connectivity index (χ1v) is 6.61. The van der Waals surface area contributed by atoms with E-state index in [9.17, 15) is 4.39 Å². The van der Waals surface area contributed by atoms with E-state index < -0.39 is 5.82 Å². The van der Waals surface area contributed by atoms with Crippen LogP contribution < -0.4 is 5.73 Å². The van der Waals surface area contributed by atoms with Gasteiger partial charge in [0.05, 0.1) is 22.5 Å². The summed E-state index contributed by atoms with van der Waals surface area (Å²) in [5.74, 6) is 0.0259. The van der Waals surface area contributed by atoms with Crippen LogP contribution in [-0.2, 0) is 0 Å². The second-order valence-corrected chi connectivity index (χ2v) is 5.13. The van der Waals surface area contributed by atoms with Crippen LogP contribution in [0.2, 0.25) is 5.02 Å². The van der Waals surface area contributed by atoms with Gasteiger partial charge in [-0.25, -0.2) is 9.37 Å². The van der Waals surface area contributed by atoms with Crippen LogP contribution >= 0.6 is 22.9 Å². The van der Waals surface area contributed by atoms with E-state index in [4.69, 9.17) is 17.3 Å². The molecule has 0 spiro atoms. The molecule has 2 aromatic heterocycles. The second-order valence-electron chi connectivity index (χ2n) is 3.86. The monoisotopic (exact) mass is 294 g/mol. The van der Waals surface area contributed by atoms with Gasteiger partial charge in [-0.1, -0.05) is 11.6 Å². The summed E-state index contributed by atoms with van der Waals surface area (Å²) in [7, 11) is 0. The largest absolute Gasteiger partial charge is 0.383 e. The Kier molecular flexibility index (Phi) is 2.96. The van der Waals surface area contributed by atoms with Crippen molar-refractivity contribution in [2.75, 3.05) is 5.73 Å². The molecule has 0 radical (unpaired) electrons. The number of nitrogen functional groups attached to an aromatic ring is 1. The van der Waals surface area contributed by atoms with Crippen LogP contribution in [0.4, 0.5) is 10.2 Å². The van der Waals surface area contributed by atoms with Gasteiger partial charge in [0, 0.05) is 10.9 Å². The minimum Gasteiger partial charge on any atom is -0.383 e. The molecule has 0 saturated carbocycles. The van der Waals surface area contributed by atoms with Gasteiger partial charge in [0.2, 0.25) is 0 Å². The third-order valence-corrected chi connectivity index (χ3v) is 3.78. The van der Waals surface area contributed by atoms with Crippen LogP contribution in [0.5, 0.6) is 0 Å². The fraction of sp³-hybridized carbons (Fsp3) is 0. The molecule has 0 amide bonds. The Labute approximate surface area is 117 Å². The maximum Gasteiger partial charge on any atom is 0.141 e. The zero-order chi connectivity index (χ0) is 13.4. The highest BCUT2D eigenvalue weighted by Gasteiger charge is 2.11. The molecule has 2 heterocycles. The predicted molar refractivity (Wildman–Crippen MR) is 74.5 cm³/mol. The molecule has 4 nitrogen and oxygen atoms in total. The van der Waals surface area contributed by atoms with Crippen molar-refractivity contribution in [3.63, 3.8) is 0 Å². The number of aromatic amines is 1. The number of H-pyrrole nitrogens is 1. The number of nitrogens with one attached hydrogen (secondary N) is 1. The Morgan fingerprint density at radius 2 is 2.21 bits per heavy atom. The molecular formula is C12H8ClFN4S. The van der Waals surface area contributed by atoms with Crippen LogP contribution in [0.1, 0.15) is 0 Å². The first-order chi connectivity index (χ1) is 9.15.